The van der Waals surface area contributed by atoms with E-state index in [0.717, 1.165) is 50.9 Å². The second kappa shape index (κ2) is 10.3. The number of halogens is 3. The molecule has 3 heterocycles. The Labute approximate surface area is 202 Å². The Balaban J connectivity index is 1.08. The molecule has 35 heavy (non-hydrogen) atoms. The van der Waals surface area contributed by atoms with Gasteiger partial charge in [0.25, 0.3) is 0 Å². The Morgan fingerprint density at radius 3 is 2.37 bits per heavy atom. The lowest BCUT2D eigenvalue weighted by molar-refractivity contribution is -0.127. The Kier molecular flexibility index (Phi) is 6.92. The fourth-order valence-electron chi connectivity index (χ4n) is 5.18. The molecule has 0 aliphatic carbocycles. The first-order valence-electron chi connectivity index (χ1n) is 12.2. The van der Waals surface area contributed by atoms with E-state index < -0.39 is 17.5 Å². The molecule has 5 nitrogen and oxygen atoms in total. The molecule has 1 aromatic heterocycles. The number of amides is 1. The molecule has 5 rings (SSSR count). The number of nitrogens with one attached hydrogen (secondary N) is 2. The lowest BCUT2D eigenvalue weighted by Gasteiger charge is -2.38. The van der Waals surface area contributed by atoms with Gasteiger partial charge in [-0.15, -0.1) is 0 Å². The molecule has 0 bridgehead atoms. The van der Waals surface area contributed by atoms with Crippen LogP contribution >= 0.6 is 0 Å². The van der Waals surface area contributed by atoms with Crippen LogP contribution in [0.25, 0.3) is 17.0 Å². The van der Waals surface area contributed by atoms with Crippen LogP contribution in [0.4, 0.5) is 13.2 Å². The minimum absolute atomic E-state index is 0.113. The highest BCUT2D eigenvalue weighted by Gasteiger charge is 2.27. The van der Waals surface area contributed by atoms with Crippen LogP contribution in [0.15, 0.2) is 48.7 Å². The van der Waals surface area contributed by atoms with Crippen LogP contribution in [-0.4, -0.2) is 53.0 Å². The van der Waals surface area contributed by atoms with Crippen LogP contribution in [0.5, 0.6) is 0 Å². The van der Waals surface area contributed by atoms with Gasteiger partial charge in [0.05, 0.1) is 0 Å². The number of hydrogen-bond donors (Lipinski definition) is 2. The first kappa shape index (κ1) is 23.6. The molecule has 0 radical (unpaired) electrons. The second-order valence-electron chi connectivity index (χ2n) is 9.41. The predicted molar refractivity (Wildman–Crippen MR) is 130 cm³/mol. The number of carbonyl (C=O) groups is 1. The number of para-hydroxylation sites is 1. The van der Waals surface area contributed by atoms with Crippen molar-refractivity contribution in [2.45, 2.75) is 37.6 Å². The highest BCUT2D eigenvalue weighted by Crippen LogP contribution is 2.32. The van der Waals surface area contributed by atoms with Gasteiger partial charge in [0.1, 0.15) is 0 Å². The number of benzene rings is 2. The van der Waals surface area contributed by atoms with E-state index in [0.29, 0.717) is 25.0 Å². The Hall–Kier alpha value is -3.10. The van der Waals surface area contributed by atoms with Gasteiger partial charge in [-0.2, -0.15) is 0 Å². The summed E-state index contributed by atoms with van der Waals surface area (Å²) in [4.78, 5) is 17.6. The molecule has 0 atom stereocenters. The molecule has 3 aromatic rings. The van der Waals surface area contributed by atoms with Crippen LogP contribution in [-0.2, 0) is 4.79 Å². The van der Waals surface area contributed by atoms with Gasteiger partial charge in [0.15, 0.2) is 17.5 Å². The summed E-state index contributed by atoms with van der Waals surface area (Å²) in [6.45, 7) is 3.19. The quantitative estimate of drug-likeness (QED) is 0.399. The number of hydrogen-bond acceptors (Lipinski definition) is 3. The van der Waals surface area contributed by atoms with E-state index in [4.69, 9.17) is 0 Å². The Morgan fingerprint density at radius 2 is 1.66 bits per heavy atom. The summed E-state index contributed by atoms with van der Waals surface area (Å²) in [7, 11) is 0. The van der Waals surface area contributed by atoms with E-state index in [-0.39, 0.29) is 11.5 Å². The summed E-state index contributed by atoms with van der Waals surface area (Å²) in [5.74, 6) is -3.71. The normalized spacial score (nSPS) is 18.7. The summed E-state index contributed by atoms with van der Waals surface area (Å²) < 4.78 is 39.8. The SMILES string of the molecule is O=C(C=Cc1cc(F)c(F)c(F)c1)N1CCC(NN2CCC(c3c[nH]c4ccccc34)CC2)CC1. The summed E-state index contributed by atoms with van der Waals surface area (Å²) in [5.41, 5.74) is 6.36. The molecular weight excluding hydrogens is 453 g/mol. The van der Waals surface area contributed by atoms with Gasteiger partial charge in [-0.3, -0.25) is 10.2 Å². The van der Waals surface area contributed by atoms with Crippen LogP contribution in [0.3, 0.4) is 0 Å². The molecule has 184 valence electrons. The van der Waals surface area contributed by atoms with Crippen molar-refractivity contribution in [2.75, 3.05) is 26.2 Å². The molecule has 8 heteroatoms. The minimum Gasteiger partial charge on any atom is -0.361 e. The predicted octanol–water partition coefficient (Wildman–Crippen LogP) is 4.97. The second-order valence-corrected chi connectivity index (χ2v) is 9.41. The highest BCUT2D eigenvalue weighted by molar-refractivity contribution is 5.91. The van der Waals surface area contributed by atoms with Crippen molar-refractivity contribution in [3.05, 3.63) is 77.2 Å². The summed E-state index contributed by atoms with van der Waals surface area (Å²) >= 11 is 0. The monoisotopic (exact) mass is 482 g/mol. The van der Waals surface area contributed by atoms with Gasteiger partial charge < -0.3 is 9.88 Å². The van der Waals surface area contributed by atoms with Gasteiger partial charge in [0, 0.05) is 55.4 Å². The van der Waals surface area contributed by atoms with Crippen molar-refractivity contribution in [2.24, 2.45) is 0 Å². The van der Waals surface area contributed by atoms with Crippen molar-refractivity contribution in [1.29, 1.82) is 0 Å². The maximum Gasteiger partial charge on any atom is 0.246 e. The molecule has 0 saturated carbocycles. The van der Waals surface area contributed by atoms with E-state index in [2.05, 4.69) is 45.9 Å². The zero-order valence-electron chi connectivity index (χ0n) is 19.4. The van der Waals surface area contributed by atoms with Crippen molar-refractivity contribution < 1.29 is 18.0 Å². The summed E-state index contributed by atoms with van der Waals surface area (Å²) in [6, 6.07) is 10.5. The third-order valence-electron chi connectivity index (χ3n) is 7.15. The molecule has 0 unspecified atom stereocenters. The fourth-order valence-corrected chi connectivity index (χ4v) is 5.18. The topological polar surface area (TPSA) is 51.4 Å². The van der Waals surface area contributed by atoms with Crippen molar-refractivity contribution in [3.8, 4) is 0 Å². The number of likely N-dealkylation sites (tertiary alicyclic amines) is 1. The minimum atomic E-state index is -1.51. The largest absolute Gasteiger partial charge is 0.361 e. The summed E-state index contributed by atoms with van der Waals surface area (Å²) in [6.07, 6.45) is 8.63. The van der Waals surface area contributed by atoms with Gasteiger partial charge in [-0.05, 0) is 67.0 Å². The van der Waals surface area contributed by atoms with Crippen LogP contribution in [0.2, 0.25) is 0 Å². The van der Waals surface area contributed by atoms with E-state index in [9.17, 15) is 18.0 Å². The zero-order valence-corrected chi connectivity index (χ0v) is 19.4. The van der Waals surface area contributed by atoms with Gasteiger partial charge >= 0.3 is 0 Å². The third-order valence-corrected chi connectivity index (χ3v) is 7.15. The first-order chi connectivity index (χ1) is 17.0. The van der Waals surface area contributed by atoms with E-state index >= 15 is 0 Å². The van der Waals surface area contributed by atoms with Gasteiger partial charge in [0.2, 0.25) is 5.91 Å². The number of aromatic nitrogens is 1. The molecule has 1 amide bonds. The summed E-state index contributed by atoms with van der Waals surface area (Å²) in [5, 5.41) is 3.63. The fraction of sp³-hybridized carbons (Fsp3) is 0.370. The zero-order chi connectivity index (χ0) is 24.4. The van der Waals surface area contributed by atoms with E-state index in [1.165, 1.54) is 28.6 Å². The van der Waals surface area contributed by atoms with E-state index in [1.54, 1.807) is 4.90 Å². The Morgan fingerprint density at radius 1 is 0.971 bits per heavy atom. The number of piperidine rings is 2. The number of nitrogens with zero attached hydrogens (tertiary/aromatic N) is 2. The number of H-pyrrole nitrogens is 1. The van der Waals surface area contributed by atoms with Crippen molar-refractivity contribution in [1.82, 2.24) is 20.3 Å². The van der Waals surface area contributed by atoms with Gasteiger partial charge in [-0.1, -0.05) is 18.2 Å². The number of aromatic amines is 1. The standard InChI is InChI=1S/C27H29F3N4O/c28-23-15-18(16-24(29)27(23)30)5-6-26(35)33-11-9-20(10-12-33)32-34-13-7-19(8-14-34)22-17-31-25-4-2-1-3-21(22)25/h1-6,15-17,19-20,31-32H,7-14H2. The molecule has 2 aliphatic rings. The van der Waals surface area contributed by atoms with Gasteiger partial charge in [-0.25, -0.2) is 18.2 Å². The average molecular weight is 483 g/mol. The Bertz CT molecular complexity index is 1200. The lowest BCUT2D eigenvalue weighted by atomic mass is 9.89. The lowest BCUT2D eigenvalue weighted by Crippen LogP contribution is -2.52. The number of fused-ring (bicyclic) bond motifs is 1. The molecule has 2 N–H and O–H groups in total. The van der Waals surface area contributed by atoms with Crippen LogP contribution in [0.1, 0.15) is 42.7 Å². The molecule has 2 aromatic carbocycles. The van der Waals surface area contributed by atoms with Crippen molar-refractivity contribution >= 4 is 22.9 Å². The number of rotatable bonds is 5. The molecule has 2 fully saturated rings. The average Bonchev–Trinajstić information content (AvgIpc) is 3.31. The highest BCUT2D eigenvalue weighted by atomic mass is 19.2. The smallest absolute Gasteiger partial charge is 0.246 e. The first-order valence-corrected chi connectivity index (χ1v) is 12.2. The number of carbonyl (C=O) groups excluding carboxylic acids is 1. The van der Waals surface area contributed by atoms with Crippen LogP contribution in [0, 0.1) is 17.5 Å². The molecule has 2 saturated heterocycles. The molecule has 2 aliphatic heterocycles. The third kappa shape index (κ3) is 5.28. The van der Waals surface area contributed by atoms with Crippen LogP contribution < -0.4 is 5.43 Å². The van der Waals surface area contributed by atoms with E-state index in [1.807, 2.05) is 0 Å². The number of hydrazine groups is 1. The molecular formula is C27H29F3N4O. The maximum absolute atomic E-state index is 13.4. The van der Waals surface area contributed by atoms with Crippen molar-refractivity contribution in [3.63, 3.8) is 0 Å². The maximum atomic E-state index is 13.4. The molecule has 0 spiro atoms.